The molecule has 0 saturated carbocycles. The molecule has 0 fully saturated rings. The fraction of sp³-hybridized carbons (Fsp3) is 0.0667. The molecule has 8 heteroatoms. The smallest absolute Gasteiger partial charge is 0.417 e. The number of hydrogen-bond donors (Lipinski definition) is 3. The Kier molecular flexibility index (Phi) is 4.54. The largest absolute Gasteiger partial charge is 0.508 e. The van der Waals surface area contributed by atoms with Crippen LogP contribution in [0.4, 0.5) is 13.2 Å². The van der Waals surface area contributed by atoms with Crippen LogP contribution in [0.5, 0.6) is 5.75 Å². The van der Waals surface area contributed by atoms with Crippen LogP contribution in [-0.2, 0) is 6.18 Å². The van der Waals surface area contributed by atoms with Gasteiger partial charge in [-0.3, -0.25) is 20.4 Å². The van der Waals surface area contributed by atoms with Crippen molar-refractivity contribution in [2.45, 2.75) is 6.18 Å². The molecule has 2 rings (SSSR count). The van der Waals surface area contributed by atoms with E-state index in [-0.39, 0.29) is 11.3 Å². The van der Waals surface area contributed by atoms with Crippen molar-refractivity contribution in [1.82, 2.24) is 10.9 Å². The Balaban J connectivity index is 2.09. The number of aromatic hydroxyl groups is 1. The summed E-state index contributed by atoms with van der Waals surface area (Å²) in [4.78, 5) is 23.6. The van der Waals surface area contributed by atoms with Crippen molar-refractivity contribution < 1.29 is 27.9 Å². The molecular weight excluding hydrogens is 313 g/mol. The summed E-state index contributed by atoms with van der Waals surface area (Å²) in [5, 5.41) is 9.10. The topological polar surface area (TPSA) is 78.4 Å². The third-order valence-corrected chi connectivity index (χ3v) is 2.90. The number of rotatable bonds is 2. The highest BCUT2D eigenvalue weighted by molar-refractivity contribution is 5.99. The summed E-state index contributed by atoms with van der Waals surface area (Å²) in [7, 11) is 0. The van der Waals surface area contributed by atoms with Crippen LogP contribution in [0.2, 0.25) is 0 Å². The zero-order chi connectivity index (χ0) is 17.0. The molecule has 120 valence electrons. The summed E-state index contributed by atoms with van der Waals surface area (Å²) in [5.41, 5.74) is 2.34. The number of carbonyl (C=O) groups excluding carboxylic acids is 2. The Morgan fingerprint density at radius 3 is 2.04 bits per heavy atom. The second-order valence-corrected chi connectivity index (χ2v) is 4.50. The third-order valence-electron chi connectivity index (χ3n) is 2.90. The fourth-order valence-electron chi connectivity index (χ4n) is 1.79. The van der Waals surface area contributed by atoms with Gasteiger partial charge in [-0.2, -0.15) is 13.2 Å². The summed E-state index contributed by atoms with van der Waals surface area (Å²) in [6.45, 7) is 0. The summed E-state index contributed by atoms with van der Waals surface area (Å²) >= 11 is 0. The van der Waals surface area contributed by atoms with Crippen molar-refractivity contribution in [3.05, 3.63) is 65.2 Å². The van der Waals surface area contributed by atoms with E-state index in [1.54, 1.807) is 0 Å². The minimum absolute atomic E-state index is 0.0512. The lowest BCUT2D eigenvalue weighted by molar-refractivity contribution is -0.137. The highest BCUT2D eigenvalue weighted by Crippen LogP contribution is 2.31. The molecule has 2 aromatic carbocycles. The van der Waals surface area contributed by atoms with Crippen LogP contribution in [0.3, 0.4) is 0 Å². The Bertz CT molecular complexity index is 727. The van der Waals surface area contributed by atoms with Crippen LogP contribution >= 0.6 is 0 Å². The molecule has 0 aromatic heterocycles. The molecule has 23 heavy (non-hydrogen) atoms. The van der Waals surface area contributed by atoms with Gasteiger partial charge in [0.15, 0.2) is 0 Å². The van der Waals surface area contributed by atoms with Crippen molar-refractivity contribution in [2.75, 3.05) is 0 Å². The minimum atomic E-state index is -4.69. The van der Waals surface area contributed by atoms with Gasteiger partial charge in [0.1, 0.15) is 5.75 Å². The molecule has 0 bridgehead atoms. The Hall–Kier alpha value is -3.03. The van der Waals surface area contributed by atoms with Gasteiger partial charge in [-0.15, -0.1) is 0 Å². The molecule has 0 aliphatic rings. The van der Waals surface area contributed by atoms with E-state index in [0.717, 1.165) is 18.2 Å². The van der Waals surface area contributed by atoms with Crippen LogP contribution in [-0.4, -0.2) is 16.9 Å². The highest BCUT2D eigenvalue weighted by atomic mass is 19.4. The first kappa shape index (κ1) is 16.3. The molecule has 2 aromatic rings. The molecule has 0 heterocycles. The lowest BCUT2D eigenvalue weighted by Crippen LogP contribution is -2.42. The third kappa shape index (κ3) is 4.00. The average Bonchev–Trinajstić information content (AvgIpc) is 2.52. The highest BCUT2D eigenvalue weighted by Gasteiger charge is 2.34. The summed E-state index contributed by atoms with van der Waals surface area (Å²) in [6.07, 6.45) is -4.69. The summed E-state index contributed by atoms with van der Waals surface area (Å²) in [5.74, 6) is -1.88. The Morgan fingerprint density at radius 1 is 0.870 bits per heavy atom. The lowest BCUT2D eigenvalue weighted by Gasteiger charge is -2.13. The summed E-state index contributed by atoms with van der Waals surface area (Å²) < 4.78 is 38.5. The van der Waals surface area contributed by atoms with Gasteiger partial charge in [-0.25, -0.2) is 0 Å². The Labute approximate surface area is 128 Å². The van der Waals surface area contributed by atoms with Crippen molar-refractivity contribution in [3.8, 4) is 5.75 Å². The van der Waals surface area contributed by atoms with Crippen LogP contribution in [0.15, 0.2) is 48.5 Å². The van der Waals surface area contributed by atoms with Crippen molar-refractivity contribution in [2.24, 2.45) is 0 Å². The molecule has 0 atom stereocenters. The predicted octanol–water partition coefficient (Wildman–Crippen LogP) is 2.49. The number of alkyl halides is 3. The number of hydrogen-bond acceptors (Lipinski definition) is 3. The van der Waals surface area contributed by atoms with E-state index < -0.39 is 29.1 Å². The molecular formula is C15H11F3N2O3. The van der Waals surface area contributed by atoms with Gasteiger partial charge in [0, 0.05) is 5.56 Å². The van der Waals surface area contributed by atoms with Gasteiger partial charge < -0.3 is 5.11 Å². The van der Waals surface area contributed by atoms with E-state index in [4.69, 9.17) is 5.11 Å². The zero-order valence-corrected chi connectivity index (χ0v) is 11.5. The number of phenolic OH excluding ortho intramolecular Hbond substituents is 1. The first-order valence-electron chi connectivity index (χ1n) is 6.35. The first-order chi connectivity index (χ1) is 10.8. The Morgan fingerprint density at radius 2 is 1.43 bits per heavy atom. The second kappa shape index (κ2) is 6.39. The van der Waals surface area contributed by atoms with E-state index in [9.17, 15) is 22.8 Å². The number of halogens is 3. The normalized spacial score (nSPS) is 10.9. The van der Waals surface area contributed by atoms with E-state index >= 15 is 0 Å². The SMILES string of the molecule is O=C(NNC(=O)c1ccccc1C(F)(F)F)c1ccc(O)cc1. The fourth-order valence-corrected chi connectivity index (χ4v) is 1.79. The maximum atomic E-state index is 12.8. The van der Waals surface area contributed by atoms with Gasteiger partial charge in [0.05, 0.1) is 11.1 Å². The molecule has 0 aliphatic heterocycles. The zero-order valence-electron chi connectivity index (χ0n) is 11.5. The number of benzene rings is 2. The minimum Gasteiger partial charge on any atom is -0.508 e. The average molecular weight is 324 g/mol. The van der Waals surface area contributed by atoms with Gasteiger partial charge >= 0.3 is 6.18 Å². The van der Waals surface area contributed by atoms with Gasteiger partial charge in [0.2, 0.25) is 0 Å². The molecule has 0 saturated heterocycles. The number of carbonyl (C=O) groups is 2. The molecule has 5 nitrogen and oxygen atoms in total. The first-order valence-corrected chi connectivity index (χ1v) is 6.35. The van der Waals surface area contributed by atoms with Crippen LogP contribution in [0, 0.1) is 0 Å². The standard InChI is InChI=1S/C15H11F3N2O3/c16-15(17,18)12-4-2-1-3-11(12)14(23)20-19-13(22)9-5-7-10(21)8-6-9/h1-8,21H,(H,19,22)(H,20,23). The monoisotopic (exact) mass is 324 g/mol. The summed E-state index contributed by atoms with van der Waals surface area (Å²) in [6, 6.07) is 9.33. The molecule has 0 radical (unpaired) electrons. The van der Waals surface area contributed by atoms with Crippen molar-refractivity contribution in [1.29, 1.82) is 0 Å². The number of hydrazine groups is 1. The molecule has 0 unspecified atom stereocenters. The predicted molar refractivity (Wildman–Crippen MR) is 74.5 cm³/mol. The van der Waals surface area contributed by atoms with E-state index in [1.807, 2.05) is 10.9 Å². The molecule has 2 amide bonds. The van der Waals surface area contributed by atoms with Crippen molar-refractivity contribution >= 4 is 11.8 Å². The van der Waals surface area contributed by atoms with Gasteiger partial charge in [-0.1, -0.05) is 12.1 Å². The van der Waals surface area contributed by atoms with Gasteiger partial charge in [0.25, 0.3) is 11.8 Å². The second-order valence-electron chi connectivity index (χ2n) is 4.50. The molecule has 0 spiro atoms. The van der Waals surface area contributed by atoms with Crippen LogP contribution in [0.1, 0.15) is 26.3 Å². The maximum Gasteiger partial charge on any atom is 0.417 e. The van der Waals surface area contributed by atoms with Crippen LogP contribution < -0.4 is 10.9 Å². The van der Waals surface area contributed by atoms with E-state index in [2.05, 4.69) is 0 Å². The van der Waals surface area contributed by atoms with E-state index in [0.29, 0.717) is 0 Å². The molecule has 0 aliphatic carbocycles. The molecule has 3 N–H and O–H groups in total. The quantitative estimate of drug-likeness (QED) is 0.743. The van der Waals surface area contributed by atoms with Crippen LogP contribution in [0.25, 0.3) is 0 Å². The van der Waals surface area contributed by atoms with Gasteiger partial charge in [-0.05, 0) is 36.4 Å². The lowest BCUT2D eigenvalue weighted by atomic mass is 10.1. The van der Waals surface area contributed by atoms with E-state index in [1.165, 1.54) is 30.3 Å². The number of amides is 2. The number of phenols is 1. The number of nitrogens with one attached hydrogen (secondary N) is 2. The van der Waals surface area contributed by atoms with Crippen molar-refractivity contribution in [3.63, 3.8) is 0 Å². The maximum absolute atomic E-state index is 12.8.